The Bertz CT molecular complexity index is 528. The van der Waals surface area contributed by atoms with Gasteiger partial charge in [-0.1, -0.05) is 0 Å². The standard InChI is InChI=1S/C7H15NO2.C7H16O2.C6H13NO2.C6H14O2/c1-7(2,3)10-5-6(9)8-4;1-7(2,3)9-6-5-8-4;1-6(2,3)9-4-5(7)8;1-6(2,3)8-5-4-7/h5H2,1-4H3,(H,8,9);5-6H2,1-4H3;4H2,1-3H3,(H2,7,8);7H,4-5H2,1-3H3. The number of methoxy groups -OCH3 is 1. The van der Waals surface area contributed by atoms with E-state index in [1.165, 1.54) is 0 Å². The van der Waals surface area contributed by atoms with Gasteiger partial charge in [0.1, 0.15) is 13.2 Å². The van der Waals surface area contributed by atoms with E-state index in [1.807, 2.05) is 83.1 Å². The summed E-state index contributed by atoms with van der Waals surface area (Å²) in [7, 11) is 3.26. The zero-order chi connectivity index (χ0) is 29.6. The van der Waals surface area contributed by atoms with Gasteiger partial charge in [0.15, 0.2) is 0 Å². The van der Waals surface area contributed by atoms with E-state index in [0.717, 1.165) is 0 Å². The van der Waals surface area contributed by atoms with E-state index < -0.39 is 5.91 Å². The van der Waals surface area contributed by atoms with E-state index in [1.54, 1.807) is 14.2 Å². The lowest BCUT2D eigenvalue weighted by Gasteiger charge is -2.18. The summed E-state index contributed by atoms with van der Waals surface area (Å²) in [5.41, 5.74) is 4.20. The maximum Gasteiger partial charge on any atom is 0.245 e. The maximum absolute atomic E-state index is 10.6. The minimum absolute atomic E-state index is 0.00347. The molecular formula is C26H58N2O8. The third kappa shape index (κ3) is 58.5. The Morgan fingerprint density at radius 2 is 1.03 bits per heavy atom. The van der Waals surface area contributed by atoms with Crippen molar-refractivity contribution < 1.29 is 38.4 Å². The number of hydrogen-bond donors (Lipinski definition) is 3. The van der Waals surface area contributed by atoms with Crippen LogP contribution in [0.4, 0.5) is 0 Å². The minimum atomic E-state index is -0.426. The molecule has 0 fully saturated rings. The molecule has 0 saturated carbocycles. The van der Waals surface area contributed by atoms with Crippen LogP contribution in [0.3, 0.4) is 0 Å². The van der Waals surface area contributed by atoms with E-state index in [4.69, 9.17) is 34.5 Å². The molecule has 0 aromatic carbocycles. The van der Waals surface area contributed by atoms with Crippen molar-refractivity contribution in [2.24, 2.45) is 5.73 Å². The van der Waals surface area contributed by atoms with Gasteiger partial charge in [-0.15, -0.1) is 0 Å². The number of primary amides is 1. The van der Waals surface area contributed by atoms with Gasteiger partial charge < -0.3 is 39.8 Å². The molecule has 10 heteroatoms. The predicted octanol–water partition coefficient (Wildman–Crippen LogP) is 3.08. The number of rotatable bonds is 9. The molecule has 0 aromatic heterocycles. The van der Waals surface area contributed by atoms with Crippen LogP contribution < -0.4 is 11.1 Å². The van der Waals surface area contributed by atoms with Gasteiger partial charge in [-0.05, 0) is 83.1 Å². The molecule has 0 heterocycles. The quantitative estimate of drug-likeness (QED) is 0.390. The molecule has 0 aliphatic carbocycles. The molecule has 10 nitrogen and oxygen atoms in total. The van der Waals surface area contributed by atoms with E-state index in [9.17, 15) is 9.59 Å². The number of hydrogen-bond acceptors (Lipinski definition) is 8. The highest BCUT2D eigenvalue weighted by molar-refractivity contribution is 5.76. The van der Waals surface area contributed by atoms with Crippen LogP contribution in [0.5, 0.6) is 0 Å². The van der Waals surface area contributed by atoms with Gasteiger partial charge in [-0.3, -0.25) is 9.59 Å². The molecule has 0 atom stereocenters. The molecular weight excluding hydrogens is 468 g/mol. The van der Waals surface area contributed by atoms with Gasteiger partial charge in [0.25, 0.3) is 0 Å². The van der Waals surface area contributed by atoms with Crippen LogP contribution in [-0.2, 0) is 33.3 Å². The average molecular weight is 527 g/mol. The number of nitrogens with two attached hydrogens (primary N) is 1. The Balaban J connectivity index is -0.000000190. The van der Waals surface area contributed by atoms with Gasteiger partial charge in [0, 0.05) is 14.2 Å². The second-order valence-corrected chi connectivity index (χ2v) is 11.6. The number of aliphatic hydroxyl groups excluding tert-OH is 1. The number of ether oxygens (including phenoxy) is 5. The fourth-order valence-electron chi connectivity index (χ4n) is 1.42. The second-order valence-electron chi connectivity index (χ2n) is 11.6. The van der Waals surface area contributed by atoms with E-state index in [-0.39, 0.29) is 48.1 Å². The SMILES string of the molecule is CC(C)(C)OCC(N)=O.CC(C)(C)OCCO.CNC(=O)COC(C)(C)C.COCCOC(C)(C)C. The average Bonchev–Trinajstić information content (AvgIpc) is 2.68. The largest absolute Gasteiger partial charge is 0.394 e. The summed E-state index contributed by atoms with van der Waals surface area (Å²) in [4.78, 5) is 20.8. The van der Waals surface area contributed by atoms with E-state index in [2.05, 4.69) is 5.32 Å². The molecule has 0 aliphatic heterocycles. The number of likely N-dealkylation sites (N-methyl/N-ethyl adjacent to an activating group) is 1. The summed E-state index contributed by atoms with van der Waals surface area (Å²) in [5, 5.41) is 10.8. The monoisotopic (exact) mass is 526 g/mol. The fraction of sp³-hybridized carbons (Fsp3) is 0.923. The third-order valence-electron chi connectivity index (χ3n) is 3.01. The summed E-state index contributed by atoms with van der Waals surface area (Å²) in [5.74, 6) is -0.514. The zero-order valence-electron chi connectivity index (χ0n) is 25.6. The number of nitrogens with one attached hydrogen (secondary N) is 1. The summed E-state index contributed by atoms with van der Waals surface area (Å²) >= 11 is 0. The molecule has 0 radical (unpaired) electrons. The Kier molecular flexibility index (Phi) is 25.3. The van der Waals surface area contributed by atoms with Crippen molar-refractivity contribution in [3.8, 4) is 0 Å². The highest BCUT2D eigenvalue weighted by atomic mass is 16.5. The highest BCUT2D eigenvalue weighted by Crippen LogP contribution is 2.06. The van der Waals surface area contributed by atoms with Gasteiger partial charge in [0.2, 0.25) is 11.8 Å². The van der Waals surface area contributed by atoms with E-state index in [0.29, 0.717) is 19.8 Å². The van der Waals surface area contributed by atoms with Gasteiger partial charge >= 0.3 is 0 Å². The lowest BCUT2D eigenvalue weighted by molar-refractivity contribution is -0.130. The van der Waals surface area contributed by atoms with Crippen LogP contribution in [0.15, 0.2) is 0 Å². The summed E-state index contributed by atoms with van der Waals surface area (Å²) in [6.07, 6.45) is 0. The van der Waals surface area contributed by atoms with Gasteiger partial charge in [-0.25, -0.2) is 0 Å². The number of carbonyl (C=O) groups excluding carboxylic acids is 2. The lowest BCUT2D eigenvalue weighted by Crippen LogP contribution is -2.29. The van der Waals surface area contributed by atoms with Crippen LogP contribution in [0.1, 0.15) is 83.1 Å². The van der Waals surface area contributed by atoms with Crippen LogP contribution in [0, 0.1) is 0 Å². The molecule has 36 heavy (non-hydrogen) atoms. The van der Waals surface area contributed by atoms with Crippen molar-refractivity contribution in [2.45, 2.75) is 105 Å². The Labute approximate surface area is 220 Å². The topological polar surface area (TPSA) is 139 Å². The zero-order valence-corrected chi connectivity index (χ0v) is 25.6. The van der Waals surface area contributed by atoms with Crippen molar-refractivity contribution in [3.05, 3.63) is 0 Å². The molecule has 4 N–H and O–H groups in total. The smallest absolute Gasteiger partial charge is 0.245 e. The van der Waals surface area contributed by atoms with Crippen molar-refractivity contribution in [1.29, 1.82) is 0 Å². The molecule has 0 spiro atoms. The highest BCUT2D eigenvalue weighted by Gasteiger charge is 2.12. The summed E-state index contributed by atoms with van der Waals surface area (Å²) in [6, 6.07) is 0. The maximum atomic E-state index is 10.6. The first-order chi connectivity index (χ1) is 16.0. The first-order valence-electron chi connectivity index (χ1n) is 12.1. The Hall–Kier alpha value is -1.30. The number of amides is 2. The van der Waals surface area contributed by atoms with Crippen molar-refractivity contribution in [1.82, 2.24) is 5.32 Å². The molecule has 220 valence electrons. The number of aliphatic hydroxyl groups is 1. The van der Waals surface area contributed by atoms with Crippen LogP contribution in [0.25, 0.3) is 0 Å². The van der Waals surface area contributed by atoms with Crippen molar-refractivity contribution >= 4 is 11.8 Å². The van der Waals surface area contributed by atoms with Gasteiger partial charge in [-0.2, -0.15) is 0 Å². The number of carbonyl (C=O) groups is 2. The molecule has 0 bridgehead atoms. The van der Waals surface area contributed by atoms with Crippen molar-refractivity contribution in [3.63, 3.8) is 0 Å². The van der Waals surface area contributed by atoms with Crippen LogP contribution in [0.2, 0.25) is 0 Å². The molecule has 0 aliphatic rings. The molecule has 0 aromatic rings. The Morgan fingerprint density at radius 1 is 0.667 bits per heavy atom. The summed E-state index contributed by atoms with van der Waals surface area (Å²) < 4.78 is 25.5. The first kappa shape index (κ1) is 41.8. The normalized spacial score (nSPS) is 11.6. The summed E-state index contributed by atoms with van der Waals surface area (Å²) in [6.45, 7) is 25.4. The molecule has 0 unspecified atom stereocenters. The lowest BCUT2D eigenvalue weighted by atomic mass is 10.2. The van der Waals surface area contributed by atoms with Gasteiger partial charge in [0.05, 0.1) is 48.8 Å². The predicted molar refractivity (Wildman–Crippen MR) is 145 cm³/mol. The van der Waals surface area contributed by atoms with Crippen LogP contribution >= 0.6 is 0 Å². The third-order valence-corrected chi connectivity index (χ3v) is 3.01. The first-order valence-corrected chi connectivity index (χ1v) is 12.1. The minimum Gasteiger partial charge on any atom is -0.394 e. The van der Waals surface area contributed by atoms with Crippen molar-refractivity contribution in [2.75, 3.05) is 53.8 Å². The fourth-order valence-corrected chi connectivity index (χ4v) is 1.42. The molecule has 0 rings (SSSR count). The molecule has 0 saturated heterocycles. The Morgan fingerprint density at radius 3 is 1.25 bits per heavy atom. The molecule has 2 amide bonds. The van der Waals surface area contributed by atoms with Crippen LogP contribution in [-0.4, -0.2) is 93.1 Å². The van der Waals surface area contributed by atoms with E-state index >= 15 is 0 Å². The second kappa shape index (κ2) is 21.8.